The van der Waals surface area contributed by atoms with E-state index in [0.29, 0.717) is 52.4 Å². The van der Waals surface area contributed by atoms with E-state index in [1.807, 2.05) is 146 Å². The van der Waals surface area contributed by atoms with Crippen molar-refractivity contribution in [2.45, 2.75) is 0 Å². The first-order chi connectivity index (χ1) is 65.4. The van der Waals surface area contributed by atoms with Crippen molar-refractivity contribution in [3.63, 3.8) is 0 Å². The molecular weight excluding hydrogens is 1610 g/mol. The third-order valence-electron chi connectivity index (χ3n) is 24.0. The summed E-state index contributed by atoms with van der Waals surface area (Å²) in [6.07, 6.45) is 7.58. The quantitative estimate of drug-likeness (QED) is 0.0897. The average Bonchev–Trinajstić information content (AvgIpc) is 0.765. The molecule has 12 nitrogen and oxygen atoms in total. The van der Waals surface area contributed by atoms with Gasteiger partial charge in [0, 0.05) is 102 Å². The number of rotatable bonds is 15. The standard InChI is InChI=1S/3C40H26N4/c1-3-10-27(11-4-1)28-19-21-31(22-20-28)39-42-38(30-12-5-2-6-13-30)43-40(44-39)33-15-7-14-32(26-33)34-17-8-18-36-35(34)24-23-29-16-9-25-41-37(29)36;1-3-10-27(11-4-1)28-18-20-30(21-19-28)39-42-38(29-12-5-2-6-13-29)43-40(44-39)33-16-9-15-31(24-33)32-22-23-36-35-17-8-7-14-34(35)26-41-37(36)25-32;1-3-8-27(9-4-1)28-14-17-31(18-15-28)39-42-38(30-10-5-2-6-11-30)43-40(44-39)35-13-7-12-32(25-35)33-20-21-36-34(24-33)19-16-29-22-23-41-26-37(29)36/h3*1-26H. The van der Waals surface area contributed by atoms with Crippen LogP contribution < -0.4 is 0 Å². The summed E-state index contributed by atoms with van der Waals surface area (Å²) in [6, 6.07) is 155. The summed E-state index contributed by atoms with van der Waals surface area (Å²) in [5.41, 5.74) is 24.1. The Kier molecular flexibility index (Phi) is 21.9. The van der Waals surface area contributed by atoms with Crippen molar-refractivity contribution in [1.29, 1.82) is 0 Å². The minimum Gasteiger partial charge on any atom is -0.264 e. The molecule has 0 saturated heterocycles. The zero-order chi connectivity index (χ0) is 87.9. The molecular formula is C120H78N12. The zero-order valence-corrected chi connectivity index (χ0v) is 71.4. The Labute approximate surface area is 762 Å². The van der Waals surface area contributed by atoms with E-state index in [1.165, 1.54) is 38.2 Å². The van der Waals surface area contributed by atoms with Crippen molar-refractivity contribution < 1.29 is 0 Å². The third kappa shape index (κ3) is 16.9. The predicted molar refractivity (Wildman–Crippen MR) is 539 cm³/mol. The van der Waals surface area contributed by atoms with E-state index >= 15 is 0 Å². The van der Waals surface area contributed by atoms with Crippen LogP contribution >= 0.6 is 0 Å². The Morgan fingerprint density at radius 3 is 0.924 bits per heavy atom. The van der Waals surface area contributed by atoms with E-state index in [9.17, 15) is 0 Å². The van der Waals surface area contributed by atoms with Gasteiger partial charge in [-0.1, -0.05) is 406 Å². The number of pyridine rings is 3. The van der Waals surface area contributed by atoms with Crippen molar-refractivity contribution in [2.75, 3.05) is 0 Å². The second-order valence-electron chi connectivity index (χ2n) is 32.3. The maximum atomic E-state index is 5.01. The molecule has 0 aliphatic rings. The summed E-state index contributed by atoms with van der Waals surface area (Å²) in [5, 5.41) is 11.7. The first-order valence-electron chi connectivity index (χ1n) is 43.9. The van der Waals surface area contributed by atoms with E-state index in [1.54, 1.807) is 0 Å². The smallest absolute Gasteiger partial charge is 0.164 e. The van der Waals surface area contributed by atoms with E-state index in [2.05, 4.69) is 338 Å². The lowest BCUT2D eigenvalue weighted by Gasteiger charge is -2.12. The Balaban J connectivity index is 0.000000116. The van der Waals surface area contributed by atoms with Gasteiger partial charge in [0.25, 0.3) is 0 Å². The van der Waals surface area contributed by atoms with E-state index in [-0.39, 0.29) is 0 Å². The van der Waals surface area contributed by atoms with Crippen LogP contribution in [0.25, 0.3) is 234 Å². The molecule has 12 heteroatoms. The molecule has 24 aromatic rings. The molecule has 6 aromatic heterocycles. The van der Waals surface area contributed by atoms with Crippen LogP contribution in [0.5, 0.6) is 0 Å². The molecule has 0 unspecified atom stereocenters. The van der Waals surface area contributed by atoms with Crippen molar-refractivity contribution in [3.8, 4) is 169 Å². The van der Waals surface area contributed by atoms with Crippen molar-refractivity contribution in [2.24, 2.45) is 0 Å². The number of benzene rings is 18. The Hall–Kier alpha value is -18.0. The van der Waals surface area contributed by atoms with Gasteiger partial charge in [-0.05, 0) is 136 Å². The van der Waals surface area contributed by atoms with Crippen LogP contribution in [-0.4, -0.2) is 59.8 Å². The minimum absolute atomic E-state index is 0.632. The Bertz CT molecular complexity index is 8020. The maximum Gasteiger partial charge on any atom is 0.164 e. The summed E-state index contributed by atoms with van der Waals surface area (Å²) in [7, 11) is 0. The van der Waals surface area contributed by atoms with Crippen LogP contribution in [0.15, 0.2) is 474 Å². The fraction of sp³-hybridized carbons (Fsp3) is 0. The van der Waals surface area contributed by atoms with Crippen LogP contribution in [0.2, 0.25) is 0 Å². The van der Waals surface area contributed by atoms with Gasteiger partial charge in [-0.3, -0.25) is 15.0 Å². The highest BCUT2D eigenvalue weighted by Crippen LogP contribution is 2.40. The molecule has 24 rings (SSSR count). The van der Waals surface area contributed by atoms with Gasteiger partial charge in [0.2, 0.25) is 0 Å². The summed E-state index contributed by atoms with van der Waals surface area (Å²) < 4.78 is 0. The molecule has 0 radical (unpaired) electrons. The van der Waals surface area contributed by atoms with Gasteiger partial charge in [0.05, 0.1) is 11.0 Å². The predicted octanol–water partition coefficient (Wildman–Crippen LogP) is 29.7. The Morgan fingerprint density at radius 2 is 0.447 bits per heavy atom. The van der Waals surface area contributed by atoms with Crippen LogP contribution in [0.3, 0.4) is 0 Å². The fourth-order valence-corrected chi connectivity index (χ4v) is 17.2. The molecule has 18 aromatic carbocycles. The Morgan fingerprint density at radius 1 is 0.136 bits per heavy atom. The third-order valence-corrected chi connectivity index (χ3v) is 24.0. The monoisotopic (exact) mass is 1690 g/mol. The molecule has 0 aliphatic carbocycles. The lowest BCUT2D eigenvalue weighted by molar-refractivity contribution is 1.07. The molecule has 618 valence electrons. The second-order valence-corrected chi connectivity index (χ2v) is 32.3. The van der Waals surface area contributed by atoms with Crippen LogP contribution in [0, 0.1) is 0 Å². The molecule has 0 fully saturated rings. The van der Waals surface area contributed by atoms with Crippen LogP contribution in [0.4, 0.5) is 0 Å². The highest BCUT2D eigenvalue weighted by molar-refractivity contribution is 6.11. The molecule has 0 bridgehead atoms. The molecule has 132 heavy (non-hydrogen) atoms. The van der Waals surface area contributed by atoms with Gasteiger partial charge in [-0.2, -0.15) is 0 Å². The lowest BCUT2D eigenvalue weighted by atomic mass is 9.95. The normalized spacial score (nSPS) is 11.2. The molecule has 0 saturated carbocycles. The fourth-order valence-electron chi connectivity index (χ4n) is 17.2. The lowest BCUT2D eigenvalue weighted by Crippen LogP contribution is -2.00. The summed E-state index contributed by atoms with van der Waals surface area (Å²) in [5.74, 6) is 5.76. The van der Waals surface area contributed by atoms with Crippen molar-refractivity contribution in [3.05, 3.63) is 474 Å². The first kappa shape index (κ1) is 79.9. The SMILES string of the molecule is c1ccc(-c2ccc(-c3nc(-c4ccccc4)nc(-c4cccc(-c5ccc6c(c5)ncc5ccccc56)c4)n3)cc2)cc1.c1ccc(-c2ccc(-c3nc(-c4ccccc4)nc(-c4cccc(-c5ccc6c(ccc7ccncc76)c5)c4)n3)cc2)cc1.c1ccc(-c2ccc(-c3nc(-c4ccccc4)nc(-c4cccc(-c5cccc6c5ccc5cccnc56)c4)n3)cc2)cc1. The molecule has 0 spiro atoms. The highest BCUT2D eigenvalue weighted by Gasteiger charge is 2.20. The van der Waals surface area contributed by atoms with Gasteiger partial charge in [-0.25, -0.2) is 44.9 Å². The summed E-state index contributed by atoms with van der Waals surface area (Å²) >= 11 is 0. The molecule has 0 amide bonds. The number of fused-ring (bicyclic) bond motifs is 9. The molecule has 6 heterocycles. The zero-order valence-electron chi connectivity index (χ0n) is 71.4. The molecule has 0 aliphatic heterocycles. The van der Waals surface area contributed by atoms with Crippen LogP contribution in [0.1, 0.15) is 0 Å². The van der Waals surface area contributed by atoms with Crippen molar-refractivity contribution >= 4 is 64.9 Å². The number of nitrogens with zero attached hydrogens (tertiary/aromatic N) is 12. The summed E-state index contributed by atoms with van der Waals surface area (Å²) in [6.45, 7) is 0. The second kappa shape index (κ2) is 36.2. The topological polar surface area (TPSA) is 155 Å². The minimum atomic E-state index is 0.632. The number of aromatic nitrogens is 12. The number of hydrogen-bond acceptors (Lipinski definition) is 12. The average molecular weight is 1690 g/mol. The van der Waals surface area contributed by atoms with E-state index < -0.39 is 0 Å². The van der Waals surface area contributed by atoms with Gasteiger partial charge in [-0.15, -0.1) is 0 Å². The van der Waals surface area contributed by atoms with E-state index in [4.69, 9.17) is 49.8 Å². The largest absolute Gasteiger partial charge is 0.264 e. The van der Waals surface area contributed by atoms with Crippen molar-refractivity contribution in [1.82, 2.24) is 59.8 Å². The van der Waals surface area contributed by atoms with Gasteiger partial charge < -0.3 is 0 Å². The highest BCUT2D eigenvalue weighted by atomic mass is 15.1. The first-order valence-corrected chi connectivity index (χ1v) is 43.9. The van der Waals surface area contributed by atoms with Gasteiger partial charge >= 0.3 is 0 Å². The van der Waals surface area contributed by atoms with E-state index in [0.717, 1.165) is 143 Å². The van der Waals surface area contributed by atoms with Crippen LogP contribution in [-0.2, 0) is 0 Å². The molecule has 0 atom stereocenters. The maximum absolute atomic E-state index is 5.01. The summed E-state index contributed by atoms with van der Waals surface area (Å²) in [4.78, 5) is 58.4. The van der Waals surface area contributed by atoms with Gasteiger partial charge in [0.1, 0.15) is 0 Å². The van der Waals surface area contributed by atoms with Gasteiger partial charge in [0.15, 0.2) is 52.4 Å². The number of hydrogen-bond donors (Lipinski definition) is 0. The molecule has 0 N–H and O–H groups in total.